The van der Waals surface area contributed by atoms with Crippen molar-refractivity contribution >= 4 is 11.6 Å². The molecule has 0 saturated carbocycles. The highest BCUT2D eigenvalue weighted by Gasteiger charge is 2.09. The van der Waals surface area contributed by atoms with Crippen LogP contribution in [0.15, 0.2) is 48.5 Å². The number of nitrogens with one attached hydrogen (secondary N) is 1. The number of benzene rings is 2. The molecule has 0 aliphatic heterocycles. The molecule has 0 amide bonds. The van der Waals surface area contributed by atoms with Gasteiger partial charge in [0.1, 0.15) is 5.82 Å². The van der Waals surface area contributed by atoms with E-state index in [1.165, 1.54) is 12.1 Å². The molecule has 0 unspecified atom stereocenters. The van der Waals surface area contributed by atoms with Crippen molar-refractivity contribution in [1.29, 1.82) is 0 Å². The van der Waals surface area contributed by atoms with E-state index in [0.717, 1.165) is 11.1 Å². The smallest absolute Gasteiger partial charge is 0.142 e. The lowest BCUT2D eigenvalue weighted by Gasteiger charge is -2.16. The van der Waals surface area contributed by atoms with Gasteiger partial charge in [-0.05, 0) is 23.3 Å². The Labute approximate surface area is 116 Å². The van der Waals surface area contributed by atoms with Crippen LogP contribution in [0.2, 0.25) is 5.02 Å². The maximum absolute atomic E-state index is 13.3. The van der Waals surface area contributed by atoms with Gasteiger partial charge < -0.3 is 10.4 Å². The highest BCUT2D eigenvalue weighted by atomic mass is 35.5. The molecule has 2 aromatic rings. The maximum Gasteiger partial charge on any atom is 0.142 e. The zero-order valence-corrected chi connectivity index (χ0v) is 11.1. The van der Waals surface area contributed by atoms with Crippen molar-refractivity contribution in [2.75, 3.05) is 6.61 Å². The Balaban J connectivity index is 2.02. The molecule has 2 rings (SSSR count). The number of hydrogen-bond donors (Lipinski definition) is 2. The monoisotopic (exact) mass is 279 g/mol. The summed E-state index contributed by atoms with van der Waals surface area (Å²) in [5.74, 6) is -0.429. The van der Waals surface area contributed by atoms with E-state index in [1.807, 2.05) is 30.3 Å². The summed E-state index contributed by atoms with van der Waals surface area (Å²) in [6.07, 6.45) is 0. The molecule has 0 aromatic heterocycles. The van der Waals surface area contributed by atoms with Crippen molar-refractivity contribution in [3.05, 3.63) is 70.5 Å². The Bertz CT molecular complexity index is 533. The van der Waals surface area contributed by atoms with Gasteiger partial charge in [0, 0.05) is 6.54 Å². The Kier molecular flexibility index (Phi) is 4.91. The van der Waals surface area contributed by atoms with Crippen LogP contribution in [0, 0.1) is 5.82 Å². The lowest BCUT2D eigenvalue weighted by atomic mass is 10.1. The summed E-state index contributed by atoms with van der Waals surface area (Å²) in [5, 5.41) is 12.7. The average Bonchev–Trinajstić information content (AvgIpc) is 2.44. The molecule has 0 aliphatic carbocycles. The lowest BCUT2D eigenvalue weighted by molar-refractivity contribution is 0.243. The zero-order valence-electron chi connectivity index (χ0n) is 10.3. The third kappa shape index (κ3) is 3.77. The fourth-order valence-corrected chi connectivity index (χ4v) is 1.98. The second-order valence-electron chi connectivity index (χ2n) is 4.28. The van der Waals surface area contributed by atoms with Crippen LogP contribution >= 0.6 is 11.6 Å². The maximum atomic E-state index is 13.3. The first kappa shape index (κ1) is 14.0. The standard InChI is InChI=1S/C15H15ClFNO/c16-13-7-6-11(8-14(13)17)9-18-15(10-19)12-4-2-1-3-5-12/h1-8,15,18-19H,9-10H2/t15-/m0/s1. The van der Waals surface area contributed by atoms with E-state index < -0.39 is 5.82 Å². The molecule has 0 spiro atoms. The summed E-state index contributed by atoms with van der Waals surface area (Å²) >= 11 is 5.63. The largest absolute Gasteiger partial charge is 0.394 e. The third-order valence-electron chi connectivity index (χ3n) is 2.92. The van der Waals surface area contributed by atoms with Crippen molar-refractivity contribution in [3.63, 3.8) is 0 Å². The van der Waals surface area contributed by atoms with Crippen molar-refractivity contribution in [2.45, 2.75) is 12.6 Å². The van der Waals surface area contributed by atoms with Crippen molar-refractivity contribution < 1.29 is 9.50 Å². The van der Waals surface area contributed by atoms with Crippen molar-refractivity contribution in [2.24, 2.45) is 0 Å². The Morgan fingerprint density at radius 3 is 2.53 bits per heavy atom. The number of aliphatic hydroxyl groups is 1. The van der Waals surface area contributed by atoms with Gasteiger partial charge in [-0.15, -0.1) is 0 Å². The quantitative estimate of drug-likeness (QED) is 0.880. The highest BCUT2D eigenvalue weighted by Crippen LogP contribution is 2.17. The molecular formula is C15H15ClFNO. The fourth-order valence-electron chi connectivity index (χ4n) is 1.86. The SMILES string of the molecule is OC[C@H](NCc1ccc(Cl)c(F)c1)c1ccccc1. The predicted octanol–water partition coefficient (Wildman–Crippen LogP) is 3.30. The Morgan fingerprint density at radius 1 is 1.16 bits per heavy atom. The third-order valence-corrected chi connectivity index (χ3v) is 3.23. The van der Waals surface area contributed by atoms with E-state index in [2.05, 4.69) is 5.32 Å². The van der Waals surface area contributed by atoms with Crippen LogP contribution in [0.5, 0.6) is 0 Å². The summed E-state index contributed by atoms with van der Waals surface area (Å²) in [5.41, 5.74) is 1.79. The molecular weight excluding hydrogens is 265 g/mol. The van der Waals surface area contributed by atoms with Crippen molar-refractivity contribution in [1.82, 2.24) is 5.32 Å². The number of hydrogen-bond acceptors (Lipinski definition) is 2. The molecule has 0 fully saturated rings. The first-order chi connectivity index (χ1) is 9.20. The highest BCUT2D eigenvalue weighted by molar-refractivity contribution is 6.30. The predicted molar refractivity (Wildman–Crippen MR) is 74.5 cm³/mol. The summed E-state index contributed by atoms with van der Waals surface area (Å²) in [6, 6.07) is 14.2. The number of aliphatic hydroxyl groups excluding tert-OH is 1. The first-order valence-corrected chi connectivity index (χ1v) is 6.41. The van der Waals surface area contributed by atoms with Crippen LogP contribution in [0.25, 0.3) is 0 Å². The molecule has 19 heavy (non-hydrogen) atoms. The van der Waals surface area contributed by atoms with Crippen LogP contribution in [0.3, 0.4) is 0 Å². The zero-order chi connectivity index (χ0) is 13.7. The van der Waals surface area contributed by atoms with E-state index >= 15 is 0 Å². The van der Waals surface area contributed by atoms with E-state index in [9.17, 15) is 9.50 Å². The van der Waals surface area contributed by atoms with E-state index in [-0.39, 0.29) is 17.7 Å². The molecule has 2 N–H and O–H groups in total. The second-order valence-corrected chi connectivity index (χ2v) is 4.68. The molecule has 0 heterocycles. The van der Waals surface area contributed by atoms with Gasteiger partial charge in [-0.2, -0.15) is 0 Å². The molecule has 4 heteroatoms. The lowest BCUT2D eigenvalue weighted by Crippen LogP contribution is -2.23. The average molecular weight is 280 g/mol. The molecule has 0 saturated heterocycles. The van der Waals surface area contributed by atoms with Gasteiger partial charge in [0.25, 0.3) is 0 Å². The second kappa shape index (κ2) is 6.66. The Morgan fingerprint density at radius 2 is 1.89 bits per heavy atom. The molecule has 0 radical (unpaired) electrons. The number of halogens is 2. The van der Waals surface area contributed by atoms with E-state index in [0.29, 0.717) is 6.54 Å². The van der Waals surface area contributed by atoms with E-state index in [1.54, 1.807) is 6.07 Å². The molecule has 1 atom stereocenters. The van der Waals surface area contributed by atoms with Gasteiger partial charge in [-0.3, -0.25) is 0 Å². The minimum absolute atomic E-state index is 0.0138. The summed E-state index contributed by atoms with van der Waals surface area (Å²) in [7, 11) is 0. The Hall–Kier alpha value is -1.42. The van der Waals surface area contributed by atoms with Crippen LogP contribution in [-0.2, 0) is 6.54 Å². The van der Waals surface area contributed by atoms with Gasteiger partial charge in [0.05, 0.1) is 17.7 Å². The van der Waals surface area contributed by atoms with Gasteiger partial charge in [0.2, 0.25) is 0 Å². The van der Waals surface area contributed by atoms with Crippen LogP contribution in [0.1, 0.15) is 17.2 Å². The molecule has 2 nitrogen and oxygen atoms in total. The van der Waals surface area contributed by atoms with Crippen LogP contribution < -0.4 is 5.32 Å². The number of rotatable bonds is 5. The van der Waals surface area contributed by atoms with Crippen LogP contribution in [0.4, 0.5) is 4.39 Å². The van der Waals surface area contributed by atoms with Gasteiger partial charge >= 0.3 is 0 Å². The molecule has 0 bridgehead atoms. The minimum Gasteiger partial charge on any atom is -0.394 e. The normalized spacial score (nSPS) is 12.4. The molecule has 100 valence electrons. The van der Waals surface area contributed by atoms with Crippen molar-refractivity contribution in [3.8, 4) is 0 Å². The van der Waals surface area contributed by atoms with Crippen LogP contribution in [-0.4, -0.2) is 11.7 Å². The van der Waals surface area contributed by atoms with Gasteiger partial charge in [0.15, 0.2) is 0 Å². The summed E-state index contributed by atoms with van der Waals surface area (Å²) in [6.45, 7) is 0.453. The minimum atomic E-state index is -0.429. The molecule has 2 aromatic carbocycles. The first-order valence-electron chi connectivity index (χ1n) is 6.04. The van der Waals surface area contributed by atoms with Gasteiger partial charge in [-0.25, -0.2) is 4.39 Å². The summed E-state index contributed by atoms with van der Waals surface area (Å²) < 4.78 is 13.3. The molecule has 0 aliphatic rings. The topological polar surface area (TPSA) is 32.3 Å². The fraction of sp³-hybridized carbons (Fsp3) is 0.200. The van der Waals surface area contributed by atoms with E-state index in [4.69, 9.17) is 11.6 Å². The summed E-state index contributed by atoms with van der Waals surface area (Å²) in [4.78, 5) is 0. The van der Waals surface area contributed by atoms with Gasteiger partial charge in [-0.1, -0.05) is 48.0 Å².